The second-order valence-electron chi connectivity index (χ2n) is 1.21. The normalized spacial score (nSPS) is 9.38. The molecule has 1 atom stereocenters. The Balaban J connectivity index is -0.0000000267. The molecule has 0 radical (unpaired) electrons. The largest absolute Gasteiger partial charge is 1.00 e. The summed E-state index contributed by atoms with van der Waals surface area (Å²) >= 11 is 0. The van der Waals surface area contributed by atoms with Crippen LogP contribution in [-0.2, 0) is 44.8 Å². The second-order valence-corrected chi connectivity index (χ2v) is 1.21. The molecule has 60 valence electrons. The number of hydrogen-bond donors (Lipinski definition) is 2. The van der Waals surface area contributed by atoms with Crippen molar-refractivity contribution in [2.45, 2.75) is 13.0 Å². The van der Waals surface area contributed by atoms with E-state index in [0.717, 1.165) is 0 Å². The van der Waals surface area contributed by atoms with Crippen LogP contribution in [0.25, 0.3) is 6.15 Å². The fourth-order valence-electron chi connectivity index (χ4n) is 0. The van der Waals surface area contributed by atoms with E-state index >= 15 is 0 Å². The first-order valence-electron chi connectivity index (χ1n) is 1.73. The number of nitrogens with two attached hydrogens (primary N) is 3. The summed E-state index contributed by atoms with van der Waals surface area (Å²) in [6, 6.07) is 0.162. The number of hydrogen-bond acceptors (Lipinski definition) is 2. The van der Waals surface area contributed by atoms with E-state index in [9.17, 15) is 0 Å². The summed E-state index contributed by atoms with van der Waals surface area (Å²) in [6.07, 6.45) is 0. The van der Waals surface area contributed by atoms with Crippen LogP contribution in [0.15, 0.2) is 0 Å². The predicted octanol–water partition coefficient (Wildman–Crippen LogP) is 0.00440. The molecule has 0 aliphatic rings. The molecule has 6 N–H and O–H groups in total. The van der Waals surface area contributed by atoms with Gasteiger partial charge in [0.25, 0.3) is 0 Å². The Kier molecular flexibility index (Phi) is 44.9. The molecule has 0 saturated heterocycles. The number of rotatable bonds is 1. The molecule has 0 saturated carbocycles. The van der Waals surface area contributed by atoms with Gasteiger partial charge in [-0.15, -0.1) is 0 Å². The van der Waals surface area contributed by atoms with Crippen LogP contribution < -0.4 is 11.5 Å². The van der Waals surface area contributed by atoms with Crippen molar-refractivity contribution < 1.29 is 44.8 Å². The SMILES string of the molecule is CC(N)CN.[Ag+].[Ag+].[NH2-]. The van der Waals surface area contributed by atoms with Gasteiger partial charge in [-0.3, -0.25) is 0 Å². The Morgan fingerprint density at radius 2 is 1.50 bits per heavy atom. The van der Waals surface area contributed by atoms with E-state index in [1.54, 1.807) is 0 Å². The molecule has 0 fully saturated rings. The minimum absolute atomic E-state index is 0. The maximum Gasteiger partial charge on any atom is 1.00 e. The molecular formula is C3H12Ag2N3+. The van der Waals surface area contributed by atoms with Crippen molar-refractivity contribution >= 4 is 0 Å². The smallest absolute Gasteiger partial charge is 0.693 e. The minimum atomic E-state index is 0. The third-order valence-corrected chi connectivity index (χ3v) is 0.372. The standard InChI is InChI=1S/C3H10N2.2Ag.H2N/c1-3(5)2-4;;;/h3H,2,4-5H2,1H3;;;1H2/q;2*+1;-1. The van der Waals surface area contributed by atoms with Gasteiger partial charge in [0.1, 0.15) is 0 Å². The average molecular weight is 306 g/mol. The molecule has 0 spiro atoms. The van der Waals surface area contributed by atoms with E-state index in [0.29, 0.717) is 6.54 Å². The van der Waals surface area contributed by atoms with Gasteiger partial charge in [0.15, 0.2) is 0 Å². The van der Waals surface area contributed by atoms with E-state index in [4.69, 9.17) is 11.5 Å². The van der Waals surface area contributed by atoms with Crippen molar-refractivity contribution in [2.75, 3.05) is 6.54 Å². The van der Waals surface area contributed by atoms with Gasteiger partial charge < -0.3 is 17.6 Å². The molecule has 0 aromatic rings. The molecule has 0 bridgehead atoms. The van der Waals surface area contributed by atoms with E-state index in [1.165, 1.54) is 0 Å². The Labute approximate surface area is 81.6 Å². The minimum Gasteiger partial charge on any atom is -0.693 e. The van der Waals surface area contributed by atoms with Gasteiger partial charge in [-0.2, -0.15) is 0 Å². The topological polar surface area (TPSA) is 85.5 Å². The van der Waals surface area contributed by atoms with Crippen LogP contribution in [0.1, 0.15) is 6.92 Å². The van der Waals surface area contributed by atoms with Crippen molar-refractivity contribution in [3.8, 4) is 0 Å². The fraction of sp³-hybridized carbons (Fsp3) is 1.00. The first-order chi connectivity index (χ1) is 2.27. The van der Waals surface area contributed by atoms with E-state index in [2.05, 4.69) is 0 Å². The van der Waals surface area contributed by atoms with Gasteiger partial charge in [0.05, 0.1) is 0 Å². The predicted molar refractivity (Wildman–Crippen MR) is 28.0 cm³/mol. The molecule has 0 aromatic heterocycles. The zero-order valence-electron chi connectivity index (χ0n) is 4.62. The fourth-order valence-corrected chi connectivity index (χ4v) is 0. The van der Waals surface area contributed by atoms with E-state index in [1.807, 2.05) is 6.92 Å². The molecular weight excluding hydrogens is 294 g/mol. The third kappa shape index (κ3) is 26.4. The molecule has 0 amide bonds. The quantitative estimate of drug-likeness (QED) is 0.668. The summed E-state index contributed by atoms with van der Waals surface area (Å²) in [4.78, 5) is 0. The van der Waals surface area contributed by atoms with Crippen molar-refractivity contribution in [1.82, 2.24) is 0 Å². The molecule has 3 nitrogen and oxygen atoms in total. The molecule has 1 unspecified atom stereocenters. The van der Waals surface area contributed by atoms with Crippen LogP contribution in [0.3, 0.4) is 0 Å². The van der Waals surface area contributed by atoms with Crippen molar-refractivity contribution in [3.63, 3.8) is 0 Å². The Hall–Kier alpha value is 1.36. The van der Waals surface area contributed by atoms with Gasteiger partial charge in [0.2, 0.25) is 0 Å². The first kappa shape index (κ1) is 22.8. The van der Waals surface area contributed by atoms with Crippen LogP contribution in [-0.4, -0.2) is 12.6 Å². The molecule has 0 aromatic carbocycles. The van der Waals surface area contributed by atoms with Crippen LogP contribution in [0.4, 0.5) is 0 Å². The molecule has 0 heterocycles. The maximum atomic E-state index is 5.17. The first-order valence-corrected chi connectivity index (χ1v) is 1.73. The molecule has 5 heteroatoms. The summed E-state index contributed by atoms with van der Waals surface area (Å²) in [6.45, 7) is 2.46. The van der Waals surface area contributed by atoms with E-state index < -0.39 is 0 Å². The zero-order valence-corrected chi connectivity index (χ0v) is 7.58. The summed E-state index contributed by atoms with van der Waals surface area (Å²) in [5.74, 6) is 0. The zero-order chi connectivity index (χ0) is 4.28. The van der Waals surface area contributed by atoms with Gasteiger partial charge in [-0.05, 0) is 6.92 Å². The average Bonchev–Trinajstić information content (AvgIpc) is 1.38. The van der Waals surface area contributed by atoms with Crippen molar-refractivity contribution in [1.29, 1.82) is 0 Å². The van der Waals surface area contributed by atoms with Crippen LogP contribution in [0.2, 0.25) is 0 Å². The van der Waals surface area contributed by atoms with Crippen LogP contribution >= 0.6 is 0 Å². The Morgan fingerprint density at radius 1 is 1.38 bits per heavy atom. The van der Waals surface area contributed by atoms with Crippen molar-refractivity contribution in [3.05, 3.63) is 6.15 Å². The summed E-state index contributed by atoms with van der Waals surface area (Å²) in [5, 5.41) is 0. The molecule has 0 aliphatic heterocycles. The molecule has 0 aliphatic carbocycles. The Morgan fingerprint density at radius 3 is 1.50 bits per heavy atom. The monoisotopic (exact) mass is 304 g/mol. The van der Waals surface area contributed by atoms with Gasteiger partial charge in [-0.1, -0.05) is 0 Å². The van der Waals surface area contributed by atoms with Crippen LogP contribution in [0.5, 0.6) is 0 Å². The molecule has 8 heavy (non-hydrogen) atoms. The van der Waals surface area contributed by atoms with Gasteiger partial charge in [0, 0.05) is 12.6 Å². The van der Waals surface area contributed by atoms with E-state index in [-0.39, 0.29) is 57.0 Å². The van der Waals surface area contributed by atoms with Crippen molar-refractivity contribution in [2.24, 2.45) is 11.5 Å². The maximum absolute atomic E-state index is 5.17. The summed E-state index contributed by atoms with van der Waals surface area (Å²) in [7, 11) is 0. The summed E-state index contributed by atoms with van der Waals surface area (Å²) in [5.41, 5.74) is 10.2. The second kappa shape index (κ2) is 15.8. The third-order valence-electron chi connectivity index (χ3n) is 0.372. The summed E-state index contributed by atoms with van der Waals surface area (Å²) < 4.78 is 0. The molecule has 0 rings (SSSR count). The van der Waals surface area contributed by atoms with Crippen LogP contribution in [0, 0.1) is 0 Å². The Bertz CT molecular complexity index is 26.5. The van der Waals surface area contributed by atoms with Gasteiger partial charge >= 0.3 is 44.8 Å². The van der Waals surface area contributed by atoms with Gasteiger partial charge in [-0.25, -0.2) is 0 Å².